The van der Waals surface area contributed by atoms with Gasteiger partial charge in [-0.3, -0.25) is 4.68 Å². The summed E-state index contributed by atoms with van der Waals surface area (Å²) in [5.74, 6) is 2.03. The SMILES string of the molecule is Cc1nc(N2CCO[C@H]3C[C@H](CO)C[C@@H]32)c2cnn(C)c2n1. The van der Waals surface area contributed by atoms with Crippen molar-refractivity contribution in [1.82, 2.24) is 19.7 Å². The zero-order valence-electron chi connectivity index (χ0n) is 12.9. The van der Waals surface area contributed by atoms with Crippen LogP contribution < -0.4 is 4.90 Å². The third-order valence-corrected chi connectivity index (χ3v) is 4.85. The largest absolute Gasteiger partial charge is 0.396 e. The van der Waals surface area contributed by atoms with Crippen molar-refractivity contribution in [3.8, 4) is 0 Å². The summed E-state index contributed by atoms with van der Waals surface area (Å²) >= 11 is 0. The van der Waals surface area contributed by atoms with Crippen LogP contribution in [0.15, 0.2) is 6.20 Å². The first-order valence-corrected chi connectivity index (χ1v) is 7.83. The molecule has 22 heavy (non-hydrogen) atoms. The van der Waals surface area contributed by atoms with E-state index in [0.29, 0.717) is 12.5 Å². The highest BCUT2D eigenvalue weighted by Gasteiger charge is 2.41. The number of nitrogens with zero attached hydrogens (tertiary/aromatic N) is 5. The number of rotatable bonds is 2. The van der Waals surface area contributed by atoms with Crippen LogP contribution in [0.1, 0.15) is 18.7 Å². The molecule has 1 N–H and O–H groups in total. The van der Waals surface area contributed by atoms with Crippen molar-refractivity contribution in [2.75, 3.05) is 24.7 Å². The third kappa shape index (κ3) is 2.07. The lowest BCUT2D eigenvalue weighted by molar-refractivity contribution is 0.0229. The van der Waals surface area contributed by atoms with Crippen LogP contribution in [0, 0.1) is 12.8 Å². The smallest absolute Gasteiger partial charge is 0.163 e. The lowest BCUT2D eigenvalue weighted by Crippen LogP contribution is -2.49. The van der Waals surface area contributed by atoms with Crippen LogP contribution in [0.2, 0.25) is 0 Å². The molecule has 7 nitrogen and oxygen atoms in total. The minimum atomic E-state index is 0.188. The van der Waals surface area contributed by atoms with Gasteiger partial charge in [0.15, 0.2) is 5.65 Å². The number of morpholine rings is 1. The first kappa shape index (κ1) is 13.9. The van der Waals surface area contributed by atoms with E-state index in [2.05, 4.69) is 15.0 Å². The van der Waals surface area contributed by atoms with Gasteiger partial charge in [0.25, 0.3) is 0 Å². The molecule has 118 valence electrons. The second-order valence-electron chi connectivity index (χ2n) is 6.29. The lowest BCUT2D eigenvalue weighted by Gasteiger charge is -2.38. The van der Waals surface area contributed by atoms with Crippen molar-refractivity contribution in [2.45, 2.75) is 31.9 Å². The Morgan fingerprint density at radius 1 is 1.36 bits per heavy atom. The molecule has 0 radical (unpaired) electrons. The molecule has 0 amide bonds. The van der Waals surface area contributed by atoms with Crippen LogP contribution in [0.4, 0.5) is 5.82 Å². The monoisotopic (exact) mass is 303 g/mol. The van der Waals surface area contributed by atoms with E-state index in [1.807, 2.05) is 20.2 Å². The third-order valence-electron chi connectivity index (χ3n) is 4.85. The zero-order chi connectivity index (χ0) is 15.3. The van der Waals surface area contributed by atoms with Crippen molar-refractivity contribution in [1.29, 1.82) is 0 Å². The highest BCUT2D eigenvalue weighted by Crippen LogP contribution is 2.37. The summed E-state index contributed by atoms with van der Waals surface area (Å²) in [6, 6.07) is 0.281. The van der Waals surface area contributed by atoms with Crippen LogP contribution in [0.25, 0.3) is 11.0 Å². The van der Waals surface area contributed by atoms with Gasteiger partial charge >= 0.3 is 0 Å². The first-order chi connectivity index (χ1) is 10.7. The Labute approximate surface area is 128 Å². The van der Waals surface area contributed by atoms with E-state index in [4.69, 9.17) is 9.72 Å². The number of aliphatic hydroxyl groups excluding tert-OH is 1. The highest BCUT2D eigenvalue weighted by atomic mass is 16.5. The van der Waals surface area contributed by atoms with Gasteiger partial charge in [-0.15, -0.1) is 0 Å². The number of anilines is 1. The van der Waals surface area contributed by atoms with Crippen molar-refractivity contribution < 1.29 is 9.84 Å². The molecule has 0 aromatic carbocycles. The molecule has 1 saturated heterocycles. The Bertz CT molecular complexity index is 701. The van der Waals surface area contributed by atoms with E-state index in [0.717, 1.165) is 42.1 Å². The van der Waals surface area contributed by atoms with E-state index < -0.39 is 0 Å². The summed E-state index contributed by atoms with van der Waals surface area (Å²) in [6.07, 6.45) is 3.91. The van der Waals surface area contributed by atoms with Crippen LogP contribution in [0.5, 0.6) is 0 Å². The van der Waals surface area contributed by atoms with E-state index in [9.17, 15) is 5.11 Å². The Hall–Kier alpha value is -1.73. The number of hydrogen-bond donors (Lipinski definition) is 1. The maximum absolute atomic E-state index is 9.48. The maximum atomic E-state index is 9.48. The van der Waals surface area contributed by atoms with Gasteiger partial charge in [0.2, 0.25) is 0 Å². The predicted molar refractivity (Wildman–Crippen MR) is 81.7 cm³/mol. The predicted octanol–water partition coefficient (Wildman–Crippen LogP) is 0.648. The van der Waals surface area contributed by atoms with E-state index in [-0.39, 0.29) is 18.8 Å². The molecule has 2 fully saturated rings. The number of aryl methyl sites for hydroxylation is 2. The van der Waals surface area contributed by atoms with E-state index in [1.165, 1.54) is 0 Å². The molecular weight excluding hydrogens is 282 g/mol. The fourth-order valence-electron chi connectivity index (χ4n) is 3.79. The summed E-state index contributed by atoms with van der Waals surface area (Å²) < 4.78 is 7.70. The van der Waals surface area contributed by atoms with Crippen LogP contribution in [0.3, 0.4) is 0 Å². The number of aromatic nitrogens is 4. The summed E-state index contributed by atoms with van der Waals surface area (Å²) in [6.45, 7) is 3.66. The molecule has 2 aromatic rings. The molecule has 3 heterocycles. The van der Waals surface area contributed by atoms with Gasteiger partial charge in [-0.1, -0.05) is 0 Å². The summed E-state index contributed by atoms with van der Waals surface area (Å²) in [7, 11) is 1.90. The number of ether oxygens (including phenoxy) is 1. The minimum absolute atomic E-state index is 0.188. The molecule has 0 bridgehead atoms. The van der Waals surface area contributed by atoms with E-state index >= 15 is 0 Å². The Morgan fingerprint density at radius 3 is 3.05 bits per heavy atom. The van der Waals surface area contributed by atoms with Gasteiger partial charge in [0, 0.05) is 20.2 Å². The van der Waals surface area contributed by atoms with Gasteiger partial charge in [-0.05, 0) is 25.7 Å². The lowest BCUT2D eigenvalue weighted by atomic mass is 10.1. The zero-order valence-corrected chi connectivity index (χ0v) is 12.9. The molecule has 1 saturated carbocycles. The first-order valence-electron chi connectivity index (χ1n) is 7.83. The molecule has 0 unspecified atom stereocenters. The molecule has 3 atom stereocenters. The Balaban J connectivity index is 1.77. The van der Waals surface area contributed by atoms with Crippen LogP contribution >= 0.6 is 0 Å². The molecule has 0 spiro atoms. The normalized spacial score (nSPS) is 28.3. The number of fused-ring (bicyclic) bond motifs is 2. The average molecular weight is 303 g/mol. The number of hydrogen-bond acceptors (Lipinski definition) is 6. The quantitative estimate of drug-likeness (QED) is 0.878. The Kier molecular flexibility index (Phi) is 3.27. The topological polar surface area (TPSA) is 76.3 Å². The fraction of sp³-hybridized carbons (Fsp3) is 0.667. The molecule has 2 aliphatic rings. The fourth-order valence-corrected chi connectivity index (χ4v) is 3.79. The van der Waals surface area contributed by atoms with Crippen molar-refractivity contribution >= 4 is 16.9 Å². The Morgan fingerprint density at radius 2 is 2.23 bits per heavy atom. The molecule has 4 rings (SSSR count). The maximum Gasteiger partial charge on any atom is 0.163 e. The molecule has 2 aromatic heterocycles. The minimum Gasteiger partial charge on any atom is -0.396 e. The highest BCUT2D eigenvalue weighted by molar-refractivity contribution is 5.87. The van der Waals surface area contributed by atoms with Gasteiger partial charge < -0.3 is 14.7 Å². The molecule has 1 aliphatic carbocycles. The molecular formula is C15H21N5O2. The summed E-state index contributed by atoms with van der Waals surface area (Å²) in [5.41, 5.74) is 0.863. The standard InChI is InChI=1S/C15H21N5O2/c1-9-17-14-11(7-16-19(14)2)15(18-9)20-3-4-22-13-6-10(8-21)5-12(13)20/h7,10,12-13,21H,3-6,8H2,1-2H3/t10-,12+,13+/m1/s1. The van der Waals surface area contributed by atoms with Gasteiger partial charge in [0.05, 0.1) is 30.3 Å². The van der Waals surface area contributed by atoms with E-state index in [1.54, 1.807) is 4.68 Å². The van der Waals surface area contributed by atoms with Gasteiger partial charge in [-0.25, -0.2) is 9.97 Å². The average Bonchev–Trinajstić information content (AvgIpc) is 3.10. The van der Waals surface area contributed by atoms with Gasteiger partial charge in [0.1, 0.15) is 11.6 Å². The van der Waals surface area contributed by atoms with Crippen LogP contribution in [-0.4, -0.2) is 56.8 Å². The number of aliphatic hydroxyl groups is 1. The van der Waals surface area contributed by atoms with Crippen LogP contribution in [-0.2, 0) is 11.8 Å². The molecule has 7 heteroatoms. The second-order valence-corrected chi connectivity index (χ2v) is 6.29. The summed E-state index contributed by atoms with van der Waals surface area (Å²) in [4.78, 5) is 11.5. The molecule has 1 aliphatic heterocycles. The van der Waals surface area contributed by atoms with Gasteiger partial charge in [-0.2, -0.15) is 5.10 Å². The summed E-state index contributed by atoms with van der Waals surface area (Å²) in [5, 5.41) is 14.8. The van der Waals surface area contributed by atoms with Crippen molar-refractivity contribution in [3.63, 3.8) is 0 Å². The van der Waals surface area contributed by atoms with Crippen molar-refractivity contribution in [3.05, 3.63) is 12.0 Å². The van der Waals surface area contributed by atoms with Crippen molar-refractivity contribution in [2.24, 2.45) is 13.0 Å². The second kappa shape index (κ2) is 5.17.